The molecule has 3 heterocycles. The highest BCUT2D eigenvalue weighted by atomic mass is 32.1. The summed E-state index contributed by atoms with van der Waals surface area (Å²) in [4.78, 5) is 45.5. The molecule has 0 spiro atoms. The molecule has 11 heteroatoms. The summed E-state index contributed by atoms with van der Waals surface area (Å²) in [5.74, 6) is -1.38. The zero-order valence-electron chi connectivity index (χ0n) is 23.2. The topological polar surface area (TPSA) is 124 Å². The van der Waals surface area contributed by atoms with Gasteiger partial charge in [-0.3, -0.25) is 14.5 Å². The van der Waals surface area contributed by atoms with Gasteiger partial charge in [-0.1, -0.05) is 53.8 Å². The van der Waals surface area contributed by atoms with Gasteiger partial charge in [-0.25, -0.2) is 9.78 Å². The van der Waals surface area contributed by atoms with Gasteiger partial charge < -0.3 is 24.1 Å². The van der Waals surface area contributed by atoms with E-state index in [4.69, 9.17) is 18.9 Å². The van der Waals surface area contributed by atoms with Gasteiger partial charge in [0.25, 0.3) is 5.78 Å². The SMILES string of the molecule is COC(=O)c1sc(N2C(=O)C(=O)/C(=C(/O)c3ccc4c(c3)OCCO4)[C@@H]2c2cccc(OCc3ccccc3)c2)nc1C. The number of fused-ring (bicyclic) bond motifs is 1. The van der Waals surface area contributed by atoms with Gasteiger partial charge in [-0.2, -0.15) is 0 Å². The number of aromatic nitrogens is 1. The van der Waals surface area contributed by atoms with Crippen LogP contribution in [-0.2, 0) is 20.9 Å². The Hall–Kier alpha value is -5.16. The van der Waals surface area contributed by atoms with Gasteiger partial charge in [-0.05, 0) is 48.4 Å². The molecule has 4 aromatic rings. The molecule has 1 N–H and O–H groups in total. The van der Waals surface area contributed by atoms with Crippen molar-refractivity contribution in [2.75, 3.05) is 25.2 Å². The summed E-state index contributed by atoms with van der Waals surface area (Å²) in [6, 6.07) is 20.3. The molecule has 1 amide bonds. The summed E-state index contributed by atoms with van der Waals surface area (Å²) in [5, 5.41) is 11.7. The van der Waals surface area contributed by atoms with Gasteiger partial charge >= 0.3 is 11.9 Å². The van der Waals surface area contributed by atoms with Crippen molar-refractivity contribution in [2.45, 2.75) is 19.6 Å². The number of carbonyl (C=O) groups is 3. The predicted molar refractivity (Wildman–Crippen MR) is 158 cm³/mol. The fraction of sp³-hybridized carbons (Fsp3) is 0.188. The van der Waals surface area contributed by atoms with E-state index in [9.17, 15) is 19.5 Å². The highest BCUT2D eigenvalue weighted by molar-refractivity contribution is 7.17. The number of aliphatic hydroxyl groups excluding tert-OH is 1. The maximum absolute atomic E-state index is 13.6. The Morgan fingerprint density at radius 1 is 1.02 bits per heavy atom. The minimum absolute atomic E-state index is 0.113. The molecule has 0 bridgehead atoms. The van der Waals surface area contributed by atoms with Crippen LogP contribution in [0.2, 0.25) is 0 Å². The van der Waals surface area contributed by atoms with Crippen molar-refractivity contribution < 1.29 is 38.4 Å². The normalized spacial score (nSPS) is 17.2. The second kappa shape index (κ2) is 11.6. The average Bonchev–Trinajstić information content (AvgIpc) is 3.55. The number of methoxy groups -OCH3 is 1. The maximum atomic E-state index is 13.6. The molecule has 2 aliphatic rings. The third-order valence-corrected chi connectivity index (χ3v) is 8.18. The summed E-state index contributed by atoms with van der Waals surface area (Å²) >= 11 is 0.929. The first-order valence-corrected chi connectivity index (χ1v) is 14.2. The quantitative estimate of drug-likeness (QED) is 0.132. The molecule has 0 aliphatic carbocycles. The summed E-state index contributed by atoms with van der Waals surface area (Å²) in [6.07, 6.45) is 0. The molecule has 2 aliphatic heterocycles. The molecular formula is C32H26N2O8S. The van der Waals surface area contributed by atoms with E-state index in [0.29, 0.717) is 48.3 Å². The van der Waals surface area contributed by atoms with Gasteiger partial charge in [0.15, 0.2) is 16.6 Å². The minimum Gasteiger partial charge on any atom is -0.507 e. The molecule has 10 nitrogen and oxygen atoms in total. The summed E-state index contributed by atoms with van der Waals surface area (Å²) in [5.41, 5.74) is 1.94. The lowest BCUT2D eigenvalue weighted by Gasteiger charge is -2.24. The zero-order valence-corrected chi connectivity index (χ0v) is 24.1. The lowest BCUT2D eigenvalue weighted by molar-refractivity contribution is -0.132. The Balaban J connectivity index is 1.46. The van der Waals surface area contributed by atoms with Crippen LogP contribution in [0.5, 0.6) is 17.2 Å². The smallest absolute Gasteiger partial charge is 0.350 e. The van der Waals surface area contributed by atoms with Crippen LogP contribution in [-0.4, -0.2) is 48.1 Å². The van der Waals surface area contributed by atoms with E-state index in [1.807, 2.05) is 30.3 Å². The Bertz CT molecular complexity index is 1760. The zero-order chi connectivity index (χ0) is 30.1. The second-order valence-corrected chi connectivity index (χ2v) is 10.8. The molecule has 3 aromatic carbocycles. The molecule has 1 saturated heterocycles. The number of ether oxygens (including phenoxy) is 4. The standard InChI is InChI=1S/C32H26N2O8S/c1-18-29(31(38)39-2)43-32(33-18)34-26(20-9-6-10-22(15-20)42-17-19-7-4-3-5-8-19)25(28(36)30(34)37)27(35)21-11-12-23-24(16-21)41-14-13-40-23/h3-12,15-16,26,35H,13-14,17H2,1-2H3/b27-25+/t26-/m0/s1. The highest BCUT2D eigenvalue weighted by Crippen LogP contribution is 2.45. The molecule has 1 fully saturated rings. The third kappa shape index (κ3) is 5.30. The molecule has 6 rings (SSSR count). The first-order valence-electron chi connectivity index (χ1n) is 13.4. The van der Waals surface area contributed by atoms with Crippen molar-refractivity contribution in [1.29, 1.82) is 0 Å². The Morgan fingerprint density at radius 2 is 1.79 bits per heavy atom. The number of ketones is 1. The number of benzene rings is 3. The molecule has 43 heavy (non-hydrogen) atoms. The Labute approximate surface area is 250 Å². The van der Waals surface area contributed by atoms with Crippen molar-refractivity contribution in [3.63, 3.8) is 0 Å². The van der Waals surface area contributed by atoms with Crippen molar-refractivity contribution in [1.82, 2.24) is 4.98 Å². The van der Waals surface area contributed by atoms with Crippen LogP contribution in [0.15, 0.2) is 78.4 Å². The lowest BCUT2D eigenvalue weighted by Crippen LogP contribution is -2.29. The average molecular weight is 599 g/mol. The van der Waals surface area contributed by atoms with Crippen LogP contribution in [0.4, 0.5) is 5.13 Å². The van der Waals surface area contributed by atoms with Crippen LogP contribution in [0.3, 0.4) is 0 Å². The van der Waals surface area contributed by atoms with Crippen LogP contribution in [0.25, 0.3) is 5.76 Å². The van der Waals surface area contributed by atoms with E-state index in [1.54, 1.807) is 49.4 Å². The molecular weight excluding hydrogens is 572 g/mol. The molecule has 1 aromatic heterocycles. The van der Waals surface area contributed by atoms with E-state index in [-0.39, 0.29) is 26.9 Å². The van der Waals surface area contributed by atoms with E-state index in [2.05, 4.69) is 4.98 Å². The van der Waals surface area contributed by atoms with Crippen LogP contribution < -0.4 is 19.1 Å². The summed E-state index contributed by atoms with van der Waals surface area (Å²) in [6.45, 7) is 2.65. The summed E-state index contributed by atoms with van der Waals surface area (Å²) < 4.78 is 22.1. The number of Topliss-reactive ketones (excluding diaryl/α,β-unsaturated/α-hetero) is 1. The number of anilines is 1. The fourth-order valence-corrected chi connectivity index (χ4v) is 5.99. The maximum Gasteiger partial charge on any atom is 0.350 e. The Kier molecular flexibility index (Phi) is 7.56. The van der Waals surface area contributed by atoms with Gasteiger partial charge in [-0.15, -0.1) is 0 Å². The largest absolute Gasteiger partial charge is 0.507 e. The number of nitrogens with zero attached hydrogens (tertiary/aromatic N) is 2. The Morgan fingerprint density at radius 3 is 2.56 bits per heavy atom. The molecule has 0 radical (unpaired) electrons. The van der Waals surface area contributed by atoms with Crippen molar-refractivity contribution in [3.05, 3.63) is 106 Å². The van der Waals surface area contributed by atoms with E-state index >= 15 is 0 Å². The van der Waals surface area contributed by atoms with Gasteiger partial charge in [0.2, 0.25) is 0 Å². The van der Waals surface area contributed by atoms with E-state index < -0.39 is 23.7 Å². The number of hydrogen-bond acceptors (Lipinski definition) is 10. The number of amides is 1. The first-order chi connectivity index (χ1) is 20.9. The van der Waals surface area contributed by atoms with Crippen molar-refractivity contribution >= 4 is 39.9 Å². The van der Waals surface area contributed by atoms with Gasteiger partial charge in [0.05, 0.1) is 24.4 Å². The third-order valence-electron chi connectivity index (χ3n) is 7.04. The van der Waals surface area contributed by atoms with E-state index in [0.717, 1.165) is 16.9 Å². The van der Waals surface area contributed by atoms with Crippen LogP contribution in [0.1, 0.15) is 38.1 Å². The molecule has 218 valence electrons. The highest BCUT2D eigenvalue weighted by Gasteiger charge is 2.48. The van der Waals surface area contributed by atoms with Gasteiger partial charge in [0.1, 0.15) is 36.2 Å². The van der Waals surface area contributed by atoms with Crippen LogP contribution >= 0.6 is 11.3 Å². The van der Waals surface area contributed by atoms with Crippen molar-refractivity contribution in [2.24, 2.45) is 0 Å². The predicted octanol–water partition coefficient (Wildman–Crippen LogP) is 5.21. The number of rotatable bonds is 7. The minimum atomic E-state index is -1.08. The number of esters is 1. The summed E-state index contributed by atoms with van der Waals surface area (Å²) in [7, 11) is 1.25. The monoisotopic (exact) mass is 598 g/mol. The lowest BCUT2D eigenvalue weighted by atomic mass is 9.95. The molecule has 0 unspecified atom stereocenters. The molecule has 0 saturated carbocycles. The number of aryl methyl sites for hydroxylation is 1. The number of aliphatic hydroxyl groups is 1. The number of thiazole rings is 1. The van der Waals surface area contributed by atoms with Crippen molar-refractivity contribution in [3.8, 4) is 17.2 Å². The van der Waals surface area contributed by atoms with Crippen LogP contribution in [0, 0.1) is 6.92 Å². The number of carbonyl (C=O) groups excluding carboxylic acids is 3. The van der Waals surface area contributed by atoms with Gasteiger partial charge in [0, 0.05) is 5.56 Å². The fourth-order valence-electron chi connectivity index (χ4n) is 4.97. The first kappa shape index (κ1) is 28.0. The second-order valence-electron chi connectivity index (χ2n) is 9.78. The van der Waals surface area contributed by atoms with E-state index in [1.165, 1.54) is 12.0 Å². The number of hydrogen-bond donors (Lipinski definition) is 1. The molecule has 1 atom stereocenters.